The molecule has 1 fully saturated rings. The van der Waals surface area contributed by atoms with Crippen molar-refractivity contribution in [2.45, 2.75) is 6.42 Å². The van der Waals surface area contributed by atoms with Gasteiger partial charge in [-0.05, 0) is 47.6 Å². The lowest BCUT2D eigenvalue weighted by molar-refractivity contribution is 0.0871. The molecule has 2 nitrogen and oxygen atoms in total. The van der Waals surface area contributed by atoms with Crippen LogP contribution < -0.4 is 0 Å². The largest absolute Gasteiger partial charge is 0.296 e. The number of Topliss-reactive ketones (excluding diaryl/α,β-unsaturated/α-hetero) is 1. The molecule has 0 aliphatic carbocycles. The van der Waals surface area contributed by atoms with Crippen LogP contribution >= 0.6 is 15.9 Å². The fourth-order valence-electron chi connectivity index (χ4n) is 1.55. The van der Waals surface area contributed by atoms with Crippen LogP contribution in [-0.4, -0.2) is 30.3 Å². The zero-order valence-electron chi connectivity index (χ0n) is 8.17. The van der Waals surface area contributed by atoms with E-state index in [1.54, 1.807) is 12.1 Å². The Kier molecular flexibility index (Phi) is 3.17. The van der Waals surface area contributed by atoms with E-state index >= 15 is 0 Å². The fourth-order valence-corrected chi connectivity index (χ4v) is 1.91. The summed E-state index contributed by atoms with van der Waals surface area (Å²) < 4.78 is 13.9. The first-order valence-electron chi connectivity index (χ1n) is 4.88. The molecule has 1 aliphatic heterocycles. The highest BCUT2D eigenvalue weighted by Crippen LogP contribution is 2.19. The van der Waals surface area contributed by atoms with E-state index in [-0.39, 0.29) is 11.3 Å². The summed E-state index contributed by atoms with van der Waals surface area (Å²) in [7, 11) is 0. The van der Waals surface area contributed by atoms with Crippen molar-refractivity contribution >= 4 is 21.7 Å². The van der Waals surface area contributed by atoms with Crippen LogP contribution in [0.2, 0.25) is 0 Å². The Morgan fingerprint density at radius 2 is 2.20 bits per heavy atom. The average Bonchev–Trinajstić information content (AvgIpc) is 2.15. The second-order valence-electron chi connectivity index (χ2n) is 3.65. The maximum Gasteiger partial charge on any atom is 0.179 e. The van der Waals surface area contributed by atoms with Gasteiger partial charge >= 0.3 is 0 Å². The Hall–Kier alpha value is -0.740. The Labute approximate surface area is 96.2 Å². The maximum atomic E-state index is 13.5. The standard InChI is InChI=1S/C11H11BrFNO/c12-9-4-1-3-8(11(9)13)10(15)7-14-5-2-6-14/h1,3-4H,2,5-7H2. The van der Waals surface area contributed by atoms with Crippen molar-refractivity contribution < 1.29 is 9.18 Å². The zero-order valence-corrected chi connectivity index (χ0v) is 9.76. The van der Waals surface area contributed by atoms with Crippen LogP contribution in [0.1, 0.15) is 16.8 Å². The maximum absolute atomic E-state index is 13.5. The van der Waals surface area contributed by atoms with Gasteiger partial charge in [0.15, 0.2) is 5.78 Å². The molecule has 1 heterocycles. The van der Waals surface area contributed by atoms with E-state index in [2.05, 4.69) is 15.9 Å². The summed E-state index contributed by atoms with van der Waals surface area (Å²) in [4.78, 5) is 13.7. The lowest BCUT2D eigenvalue weighted by Gasteiger charge is -2.29. The van der Waals surface area contributed by atoms with Crippen molar-refractivity contribution in [3.8, 4) is 0 Å². The monoisotopic (exact) mass is 271 g/mol. The number of carbonyl (C=O) groups excluding carboxylic acids is 1. The Morgan fingerprint density at radius 3 is 2.80 bits per heavy atom. The number of nitrogens with zero attached hydrogens (tertiary/aromatic N) is 1. The molecule has 0 radical (unpaired) electrons. The van der Waals surface area contributed by atoms with Crippen molar-refractivity contribution in [2.75, 3.05) is 19.6 Å². The van der Waals surface area contributed by atoms with Crippen molar-refractivity contribution in [3.63, 3.8) is 0 Å². The highest BCUT2D eigenvalue weighted by molar-refractivity contribution is 9.10. The molecule has 0 aromatic heterocycles. The van der Waals surface area contributed by atoms with Gasteiger partial charge in [0.2, 0.25) is 0 Å². The Bertz CT molecular complexity index is 390. The molecule has 2 rings (SSSR count). The van der Waals surface area contributed by atoms with Crippen molar-refractivity contribution in [2.24, 2.45) is 0 Å². The van der Waals surface area contributed by atoms with Crippen molar-refractivity contribution in [1.29, 1.82) is 0 Å². The summed E-state index contributed by atoms with van der Waals surface area (Å²) >= 11 is 3.07. The molecule has 0 saturated carbocycles. The minimum atomic E-state index is -0.456. The van der Waals surface area contributed by atoms with E-state index < -0.39 is 5.82 Å². The fraction of sp³-hybridized carbons (Fsp3) is 0.364. The number of benzene rings is 1. The van der Waals surface area contributed by atoms with E-state index in [1.165, 1.54) is 6.07 Å². The molecule has 4 heteroatoms. The molecule has 1 aromatic rings. The second kappa shape index (κ2) is 4.41. The van der Waals surface area contributed by atoms with Gasteiger partial charge in [0.1, 0.15) is 5.82 Å². The summed E-state index contributed by atoms with van der Waals surface area (Å²) in [5, 5.41) is 0. The number of hydrogen-bond acceptors (Lipinski definition) is 2. The van der Waals surface area contributed by atoms with Crippen molar-refractivity contribution in [1.82, 2.24) is 4.90 Å². The van der Waals surface area contributed by atoms with Gasteiger partial charge in [-0.25, -0.2) is 4.39 Å². The van der Waals surface area contributed by atoms with Gasteiger partial charge in [0.25, 0.3) is 0 Å². The highest BCUT2D eigenvalue weighted by atomic mass is 79.9. The van der Waals surface area contributed by atoms with E-state index in [4.69, 9.17) is 0 Å². The number of halogens is 2. The topological polar surface area (TPSA) is 20.3 Å². The Morgan fingerprint density at radius 1 is 1.47 bits per heavy atom. The first-order valence-corrected chi connectivity index (χ1v) is 5.67. The lowest BCUT2D eigenvalue weighted by Crippen LogP contribution is -2.40. The molecule has 80 valence electrons. The number of carbonyl (C=O) groups is 1. The molecule has 0 atom stereocenters. The van der Waals surface area contributed by atoms with Crippen LogP contribution in [0.25, 0.3) is 0 Å². The molecule has 15 heavy (non-hydrogen) atoms. The smallest absolute Gasteiger partial charge is 0.179 e. The van der Waals surface area contributed by atoms with Gasteiger partial charge in [-0.2, -0.15) is 0 Å². The molecule has 1 saturated heterocycles. The third-order valence-electron chi connectivity index (χ3n) is 2.57. The minimum absolute atomic E-state index is 0.145. The molecule has 0 amide bonds. The van der Waals surface area contributed by atoms with Gasteiger partial charge in [-0.3, -0.25) is 9.69 Å². The number of hydrogen-bond donors (Lipinski definition) is 0. The third-order valence-corrected chi connectivity index (χ3v) is 3.18. The van der Waals surface area contributed by atoms with Gasteiger partial charge < -0.3 is 0 Å². The van der Waals surface area contributed by atoms with E-state index in [0.717, 1.165) is 19.5 Å². The van der Waals surface area contributed by atoms with Gasteiger partial charge in [0.05, 0.1) is 16.6 Å². The Balaban J connectivity index is 2.13. The van der Waals surface area contributed by atoms with Gasteiger partial charge in [-0.15, -0.1) is 0 Å². The van der Waals surface area contributed by atoms with Crippen LogP contribution in [0.15, 0.2) is 22.7 Å². The SMILES string of the molecule is O=C(CN1CCC1)c1cccc(Br)c1F. The van der Waals surface area contributed by atoms with Crippen LogP contribution in [-0.2, 0) is 0 Å². The molecule has 1 aromatic carbocycles. The number of ketones is 1. The molecule has 1 aliphatic rings. The van der Waals surface area contributed by atoms with Crippen LogP contribution in [0.4, 0.5) is 4.39 Å². The summed E-state index contributed by atoms with van der Waals surface area (Å²) in [5.74, 6) is -0.600. The summed E-state index contributed by atoms with van der Waals surface area (Å²) in [6.45, 7) is 2.22. The first kappa shape index (κ1) is 10.8. The molecule has 0 N–H and O–H groups in total. The van der Waals surface area contributed by atoms with Gasteiger partial charge in [0, 0.05) is 0 Å². The summed E-state index contributed by atoms with van der Waals surface area (Å²) in [5.41, 5.74) is 0.177. The molecular weight excluding hydrogens is 261 g/mol. The second-order valence-corrected chi connectivity index (χ2v) is 4.51. The zero-order chi connectivity index (χ0) is 10.8. The predicted octanol–water partition coefficient (Wildman–Crippen LogP) is 2.48. The average molecular weight is 272 g/mol. The van der Waals surface area contributed by atoms with E-state index in [0.29, 0.717) is 11.0 Å². The van der Waals surface area contributed by atoms with Crippen LogP contribution in [0.5, 0.6) is 0 Å². The molecule has 0 unspecified atom stereocenters. The first-order chi connectivity index (χ1) is 7.18. The molecule has 0 spiro atoms. The molecule has 0 bridgehead atoms. The third kappa shape index (κ3) is 2.26. The van der Waals surface area contributed by atoms with E-state index in [1.807, 2.05) is 4.90 Å². The minimum Gasteiger partial charge on any atom is -0.296 e. The van der Waals surface area contributed by atoms with Gasteiger partial charge in [-0.1, -0.05) is 6.07 Å². The number of rotatable bonds is 3. The van der Waals surface area contributed by atoms with Crippen LogP contribution in [0, 0.1) is 5.82 Å². The highest BCUT2D eigenvalue weighted by Gasteiger charge is 2.20. The summed E-state index contributed by atoms with van der Waals surface area (Å²) in [6.07, 6.45) is 1.13. The quantitative estimate of drug-likeness (QED) is 0.788. The number of likely N-dealkylation sites (tertiary alicyclic amines) is 1. The lowest BCUT2D eigenvalue weighted by atomic mass is 10.1. The van der Waals surface area contributed by atoms with E-state index in [9.17, 15) is 9.18 Å². The normalized spacial score (nSPS) is 16.1. The van der Waals surface area contributed by atoms with Crippen molar-refractivity contribution in [3.05, 3.63) is 34.1 Å². The predicted molar refractivity (Wildman–Crippen MR) is 59.5 cm³/mol. The summed E-state index contributed by atoms with van der Waals surface area (Å²) in [6, 6.07) is 4.80. The van der Waals surface area contributed by atoms with Crippen LogP contribution in [0.3, 0.4) is 0 Å². The molecular formula is C11H11BrFNO.